The van der Waals surface area contributed by atoms with Gasteiger partial charge < -0.3 is 15.5 Å². The molecule has 2 aromatic rings. The Labute approximate surface area is 187 Å². The topological polar surface area (TPSA) is 57.5 Å². The van der Waals surface area contributed by atoms with E-state index in [1.54, 1.807) is 0 Å². The third kappa shape index (κ3) is 5.29. The molecular formula is C25H38N6. The van der Waals surface area contributed by atoms with Crippen LogP contribution < -0.4 is 10.6 Å². The first-order chi connectivity index (χ1) is 15.1. The molecule has 1 aromatic heterocycles. The zero-order valence-electron chi connectivity index (χ0n) is 19.3. The van der Waals surface area contributed by atoms with Crippen LogP contribution >= 0.6 is 0 Å². The Balaban J connectivity index is 1.44. The summed E-state index contributed by atoms with van der Waals surface area (Å²) in [6, 6.07) is 11.1. The SMILES string of the molecule is CCNC(=NCC1(NC(C)c2ccccc2)CCCC1)N1CCC(c2cnn(C)c2)C1. The van der Waals surface area contributed by atoms with Crippen LogP contribution in [0.25, 0.3) is 0 Å². The summed E-state index contributed by atoms with van der Waals surface area (Å²) in [6.45, 7) is 8.23. The molecule has 2 aliphatic rings. The fraction of sp³-hybridized carbons (Fsp3) is 0.600. The van der Waals surface area contributed by atoms with Gasteiger partial charge in [-0.1, -0.05) is 43.2 Å². The quantitative estimate of drug-likeness (QED) is 0.526. The van der Waals surface area contributed by atoms with E-state index in [1.807, 2.05) is 17.9 Å². The van der Waals surface area contributed by atoms with Gasteiger partial charge in [0.15, 0.2) is 5.96 Å². The van der Waals surface area contributed by atoms with E-state index in [4.69, 9.17) is 4.99 Å². The highest BCUT2D eigenvalue weighted by Gasteiger charge is 2.35. The Morgan fingerprint density at radius 1 is 1.26 bits per heavy atom. The Hall–Kier alpha value is -2.34. The van der Waals surface area contributed by atoms with E-state index in [2.05, 4.69) is 71.0 Å². The van der Waals surface area contributed by atoms with E-state index < -0.39 is 0 Å². The number of guanidine groups is 1. The Kier molecular flexibility index (Phi) is 6.96. The summed E-state index contributed by atoms with van der Waals surface area (Å²) in [6.07, 6.45) is 10.3. The number of hydrogen-bond acceptors (Lipinski definition) is 3. The van der Waals surface area contributed by atoms with Crippen molar-refractivity contribution in [3.05, 3.63) is 53.9 Å². The highest BCUT2D eigenvalue weighted by molar-refractivity contribution is 5.80. The summed E-state index contributed by atoms with van der Waals surface area (Å²) >= 11 is 0. The molecule has 0 bridgehead atoms. The number of rotatable bonds is 7. The largest absolute Gasteiger partial charge is 0.357 e. The second-order valence-corrected chi connectivity index (χ2v) is 9.31. The molecule has 168 valence electrons. The lowest BCUT2D eigenvalue weighted by Crippen LogP contribution is -2.48. The minimum absolute atomic E-state index is 0.0956. The van der Waals surface area contributed by atoms with E-state index in [0.717, 1.165) is 38.6 Å². The van der Waals surface area contributed by atoms with E-state index >= 15 is 0 Å². The van der Waals surface area contributed by atoms with E-state index in [1.165, 1.54) is 36.8 Å². The maximum absolute atomic E-state index is 5.18. The number of nitrogens with one attached hydrogen (secondary N) is 2. The fourth-order valence-corrected chi connectivity index (χ4v) is 5.21. The highest BCUT2D eigenvalue weighted by atomic mass is 15.3. The molecule has 31 heavy (non-hydrogen) atoms. The zero-order valence-corrected chi connectivity index (χ0v) is 19.3. The van der Waals surface area contributed by atoms with E-state index in [-0.39, 0.29) is 5.54 Å². The molecule has 2 atom stereocenters. The minimum Gasteiger partial charge on any atom is -0.357 e. The maximum Gasteiger partial charge on any atom is 0.194 e. The molecule has 2 unspecified atom stereocenters. The summed E-state index contributed by atoms with van der Waals surface area (Å²) < 4.78 is 1.90. The van der Waals surface area contributed by atoms with Gasteiger partial charge in [-0.05, 0) is 44.2 Å². The van der Waals surface area contributed by atoms with Crippen LogP contribution in [0, 0.1) is 0 Å². The van der Waals surface area contributed by atoms with Crippen molar-refractivity contribution in [1.82, 2.24) is 25.3 Å². The van der Waals surface area contributed by atoms with Crippen molar-refractivity contribution in [2.24, 2.45) is 12.0 Å². The number of nitrogens with zero attached hydrogens (tertiary/aromatic N) is 4. The van der Waals surface area contributed by atoms with Gasteiger partial charge in [0.25, 0.3) is 0 Å². The van der Waals surface area contributed by atoms with Gasteiger partial charge in [0.05, 0.1) is 12.7 Å². The lowest BCUT2D eigenvalue weighted by Gasteiger charge is -2.33. The molecule has 6 nitrogen and oxygen atoms in total. The van der Waals surface area contributed by atoms with Crippen LogP contribution in [0.4, 0.5) is 0 Å². The molecule has 2 heterocycles. The predicted octanol–water partition coefficient (Wildman–Crippen LogP) is 3.84. The van der Waals surface area contributed by atoms with Crippen molar-refractivity contribution >= 4 is 5.96 Å². The van der Waals surface area contributed by atoms with Crippen LogP contribution in [0.3, 0.4) is 0 Å². The van der Waals surface area contributed by atoms with Crippen LogP contribution in [-0.2, 0) is 7.05 Å². The molecule has 0 spiro atoms. The van der Waals surface area contributed by atoms with Crippen LogP contribution in [-0.4, -0.2) is 52.4 Å². The molecule has 1 aromatic carbocycles. The first-order valence-corrected chi connectivity index (χ1v) is 11.9. The lowest BCUT2D eigenvalue weighted by molar-refractivity contribution is 0.306. The molecule has 4 rings (SSSR count). The number of likely N-dealkylation sites (tertiary alicyclic amines) is 1. The normalized spacial score (nSPS) is 22.1. The van der Waals surface area contributed by atoms with Crippen molar-refractivity contribution in [2.75, 3.05) is 26.2 Å². The van der Waals surface area contributed by atoms with Gasteiger partial charge in [-0.25, -0.2) is 0 Å². The Morgan fingerprint density at radius 3 is 2.71 bits per heavy atom. The molecule has 1 saturated carbocycles. The second kappa shape index (κ2) is 9.86. The molecule has 1 saturated heterocycles. The average Bonchev–Trinajstić information content (AvgIpc) is 3.53. The second-order valence-electron chi connectivity index (χ2n) is 9.31. The van der Waals surface area contributed by atoms with Crippen LogP contribution in [0.2, 0.25) is 0 Å². The maximum atomic E-state index is 5.18. The van der Waals surface area contributed by atoms with Gasteiger partial charge in [-0.3, -0.25) is 9.67 Å². The average molecular weight is 423 g/mol. The summed E-state index contributed by atoms with van der Waals surface area (Å²) in [4.78, 5) is 7.61. The molecule has 0 radical (unpaired) electrons. The monoisotopic (exact) mass is 422 g/mol. The molecule has 6 heteroatoms. The summed E-state index contributed by atoms with van der Waals surface area (Å²) in [5, 5.41) is 11.9. The first-order valence-electron chi connectivity index (χ1n) is 11.9. The van der Waals surface area contributed by atoms with Gasteiger partial charge in [-0.15, -0.1) is 0 Å². The molecular weight excluding hydrogens is 384 g/mol. The van der Waals surface area contributed by atoms with Gasteiger partial charge >= 0.3 is 0 Å². The van der Waals surface area contributed by atoms with Crippen LogP contribution in [0.1, 0.15) is 69.0 Å². The molecule has 2 fully saturated rings. The van der Waals surface area contributed by atoms with Crippen molar-refractivity contribution in [3.63, 3.8) is 0 Å². The zero-order chi connectivity index (χ0) is 21.7. The van der Waals surface area contributed by atoms with Crippen molar-refractivity contribution in [3.8, 4) is 0 Å². The number of hydrogen-bond donors (Lipinski definition) is 2. The van der Waals surface area contributed by atoms with Crippen molar-refractivity contribution in [1.29, 1.82) is 0 Å². The van der Waals surface area contributed by atoms with Crippen LogP contribution in [0.5, 0.6) is 0 Å². The summed E-state index contributed by atoms with van der Waals surface area (Å²) in [5.74, 6) is 1.60. The number of benzene rings is 1. The smallest absolute Gasteiger partial charge is 0.194 e. The van der Waals surface area contributed by atoms with Gasteiger partial charge in [0, 0.05) is 50.4 Å². The molecule has 0 amide bonds. The number of aliphatic imine (C=N–C) groups is 1. The van der Waals surface area contributed by atoms with E-state index in [0.29, 0.717) is 12.0 Å². The van der Waals surface area contributed by atoms with Gasteiger partial charge in [0.2, 0.25) is 0 Å². The third-order valence-corrected chi connectivity index (χ3v) is 6.93. The predicted molar refractivity (Wildman–Crippen MR) is 127 cm³/mol. The molecule has 1 aliphatic heterocycles. The third-order valence-electron chi connectivity index (χ3n) is 6.93. The minimum atomic E-state index is 0.0956. The number of aryl methyl sites for hydroxylation is 1. The molecule has 1 aliphatic carbocycles. The Morgan fingerprint density at radius 2 is 2.03 bits per heavy atom. The summed E-state index contributed by atoms with van der Waals surface area (Å²) in [5.41, 5.74) is 2.79. The first kappa shape index (κ1) is 21.9. The standard InChI is InChI=1S/C25H38N6/c1-4-26-24(31-15-12-22(18-31)23-16-28-30(3)17-23)27-19-25(13-8-9-14-25)29-20(2)21-10-6-5-7-11-21/h5-7,10-11,16-17,20,22,29H,4,8-9,12-15,18-19H2,1-3H3,(H,26,27). The highest BCUT2D eigenvalue weighted by Crippen LogP contribution is 2.33. The summed E-state index contributed by atoms with van der Waals surface area (Å²) in [7, 11) is 1.99. The van der Waals surface area contributed by atoms with Gasteiger partial charge in [-0.2, -0.15) is 5.10 Å². The van der Waals surface area contributed by atoms with Crippen molar-refractivity contribution in [2.45, 2.75) is 63.5 Å². The van der Waals surface area contributed by atoms with Gasteiger partial charge in [0.1, 0.15) is 0 Å². The Bertz CT molecular complexity index is 852. The lowest BCUT2D eigenvalue weighted by atomic mass is 9.95. The van der Waals surface area contributed by atoms with Crippen LogP contribution in [0.15, 0.2) is 47.7 Å². The molecule has 2 N–H and O–H groups in total. The van der Waals surface area contributed by atoms with Crippen molar-refractivity contribution < 1.29 is 0 Å². The van der Waals surface area contributed by atoms with E-state index in [9.17, 15) is 0 Å². The number of aromatic nitrogens is 2. The fourth-order valence-electron chi connectivity index (χ4n) is 5.21.